The van der Waals surface area contributed by atoms with Gasteiger partial charge in [-0.2, -0.15) is 0 Å². The lowest BCUT2D eigenvalue weighted by Gasteiger charge is -2.57. The van der Waals surface area contributed by atoms with E-state index in [0.29, 0.717) is 0 Å². The Kier molecular flexibility index (Phi) is 7.81. The second kappa shape index (κ2) is 10.4. The molecular weight excluding hydrogens is 544 g/mol. The molecule has 0 amide bonds. The number of rotatable bonds is 4. The van der Waals surface area contributed by atoms with E-state index in [4.69, 9.17) is 28.4 Å². The van der Waals surface area contributed by atoms with E-state index >= 15 is 0 Å². The van der Waals surface area contributed by atoms with E-state index in [0.717, 1.165) is 20.8 Å². The molecule has 4 rings (SSSR count). The van der Waals surface area contributed by atoms with E-state index in [1.54, 1.807) is 13.8 Å². The maximum Gasteiger partial charge on any atom is 0.342 e. The van der Waals surface area contributed by atoms with E-state index < -0.39 is 101 Å². The molecule has 228 valence electrons. The molecular formula is C28H38O13. The zero-order valence-corrected chi connectivity index (χ0v) is 24.4. The fourth-order valence-corrected chi connectivity index (χ4v) is 7.32. The standard InChI is InChI=1S/C28H38O13/c1-11-9-19-28(27(8,41-28)25(35)40-19)23(38-15(5)31)20-12(2)17(33)10-18(36-13(3)29)26(20,7)24(39-16(6)32)21(34)22(11)37-14(4)30/h9,12,17-24,33-34H,10H2,1-8H3/b11-9-/t12-,17-,18-,19-,20+,21-,22+,23-,24-,26-,27-,28-/m0/s1. The summed E-state index contributed by atoms with van der Waals surface area (Å²) in [6.45, 7) is 10.9. The fourth-order valence-electron chi connectivity index (χ4n) is 7.32. The first-order chi connectivity index (χ1) is 18.9. The second-order valence-corrected chi connectivity index (χ2v) is 11.9. The summed E-state index contributed by atoms with van der Waals surface area (Å²) in [5, 5.41) is 23.1. The largest absolute Gasteiger partial charge is 0.462 e. The van der Waals surface area contributed by atoms with Gasteiger partial charge >= 0.3 is 29.8 Å². The number of esters is 5. The van der Waals surface area contributed by atoms with E-state index in [9.17, 15) is 34.2 Å². The van der Waals surface area contributed by atoms with E-state index in [-0.39, 0.29) is 12.0 Å². The third-order valence-corrected chi connectivity index (χ3v) is 9.20. The lowest BCUT2D eigenvalue weighted by Crippen LogP contribution is -2.69. The van der Waals surface area contributed by atoms with Gasteiger partial charge < -0.3 is 38.6 Å². The molecule has 3 fully saturated rings. The molecule has 41 heavy (non-hydrogen) atoms. The van der Waals surface area contributed by atoms with Crippen LogP contribution in [-0.4, -0.2) is 94.0 Å². The molecule has 0 radical (unpaired) electrons. The van der Waals surface area contributed by atoms with Crippen LogP contribution in [0.4, 0.5) is 0 Å². The lowest BCUT2D eigenvalue weighted by molar-refractivity contribution is -0.248. The molecule has 2 heterocycles. The van der Waals surface area contributed by atoms with Gasteiger partial charge in [0.05, 0.1) is 11.5 Å². The molecule has 2 N–H and O–H groups in total. The van der Waals surface area contributed by atoms with Crippen LogP contribution < -0.4 is 0 Å². The van der Waals surface area contributed by atoms with E-state index in [2.05, 4.69) is 0 Å². The summed E-state index contributed by atoms with van der Waals surface area (Å²) in [4.78, 5) is 62.8. The van der Waals surface area contributed by atoms with Crippen molar-refractivity contribution in [1.82, 2.24) is 0 Å². The monoisotopic (exact) mass is 582 g/mol. The van der Waals surface area contributed by atoms with Gasteiger partial charge in [0.2, 0.25) is 0 Å². The first-order valence-electron chi connectivity index (χ1n) is 13.6. The van der Waals surface area contributed by atoms with Gasteiger partial charge in [-0.1, -0.05) is 13.8 Å². The average Bonchev–Trinajstić information content (AvgIpc) is 3.43. The average molecular weight is 583 g/mol. The molecule has 1 spiro atoms. The van der Waals surface area contributed by atoms with Crippen molar-refractivity contribution >= 4 is 29.8 Å². The van der Waals surface area contributed by atoms with Crippen LogP contribution in [0.25, 0.3) is 0 Å². The molecule has 2 aliphatic heterocycles. The van der Waals surface area contributed by atoms with Crippen LogP contribution in [0.2, 0.25) is 0 Å². The predicted molar refractivity (Wildman–Crippen MR) is 135 cm³/mol. The molecule has 4 aliphatic rings. The maximum atomic E-state index is 13.1. The zero-order valence-electron chi connectivity index (χ0n) is 24.4. The number of carbonyl (C=O) groups excluding carboxylic acids is 5. The van der Waals surface area contributed by atoms with Crippen LogP contribution >= 0.6 is 0 Å². The van der Waals surface area contributed by atoms with Gasteiger partial charge in [0, 0.05) is 40.0 Å². The fraction of sp³-hybridized carbons (Fsp3) is 0.750. The SMILES string of the molecule is CC(=O)O[C@@H]1/C(C)=C\[C@@H]2OC(=O)[C@]3(C)O[C@]23[C@@H](OC(C)=O)[C@H]2[C@@H](C)[C@@H](O)C[C@H](OC(C)=O)[C@]2(C)[C@@H](OC(C)=O)[C@H]1O. The Labute approximate surface area is 237 Å². The van der Waals surface area contributed by atoms with Gasteiger partial charge in [-0.15, -0.1) is 0 Å². The summed E-state index contributed by atoms with van der Waals surface area (Å²) >= 11 is 0. The Balaban J connectivity index is 2.09. The lowest BCUT2D eigenvalue weighted by atomic mass is 9.52. The molecule has 0 unspecified atom stereocenters. The van der Waals surface area contributed by atoms with Gasteiger partial charge in [-0.25, -0.2) is 4.79 Å². The molecule has 0 aromatic rings. The molecule has 2 saturated heterocycles. The summed E-state index contributed by atoms with van der Waals surface area (Å²) < 4.78 is 34.7. The third-order valence-electron chi connectivity index (χ3n) is 9.20. The first kappa shape index (κ1) is 30.9. The van der Waals surface area contributed by atoms with Gasteiger partial charge in [-0.3, -0.25) is 19.2 Å². The summed E-state index contributed by atoms with van der Waals surface area (Å²) in [6, 6.07) is 0. The van der Waals surface area contributed by atoms with Crippen molar-refractivity contribution in [2.45, 2.75) is 116 Å². The third kappa shape index (κ3) is 4.71. The van der Waals surface area contributed by atoms with Crippen molar-refractivity contribution in [3.05, 3.63) is 11.6 Å². The van der Waals surface area contributed by atoms with E-state index in [1.165, 1.54) is 26.8 Å². The molecule has 2 aliphatic carbocycles. The molecule has 13 heteroatoms. The Morgan fingerprint density at radius 3 is 1.95 bits per heavy atom. The molecule has 0 aromatic carbocycles. The van der Waals surface area contributed by atoms with Gasteiger partial charge in [0.25, 0.3) is 0 Å². The Morgan fingerprint density at radius 2 is 1.44 bits per heavy atom. The highest BCUT2D eigenvalue weighted by molar-refractivity contribution is 5.89. The minimum atomic E-state index is -1.73. The van der Waals surface area contributed by atoms with Crippen LogP contribution in [0.5, 0.6) is 0 Å². The van der Waals surface area contributed by atoms with Crippen molar-refractivity contribution in [2.75, 3.05) is 0 Å². The maximum absolute atomic E-state index is 13.1. The van der Waals surface area contributed by atoms with E-state index in [1.807, 2.05) is 0 Å². The molecule has 13 nitrogen and oxygen atoms in total. The number of ether oxygens (including phenoxy) is 6. The predicted octanol–water partition coefficient (Wildman–Crippen LogP) is 0.510. The minimum absolute atomic E-state index is 0.123. The quantitative estimate of drug-likeness (QED) is 0.202. The highest BCUT2D eigenvalue weighted by atomic mass is 16.7. The number of fused-ring (bicyclic) bond motifs is 1. The first-order valence-corrected chi connectivity index (χ1v) is 13.6. The number of aliphatic hydroxyl groups excluding tert-OH is 2. The van der Waals surface area contributed by atoms with Crippen LogP contribution in [0, 0.1) is 17.3 Å². The van der Waals surface area contributed by atoms with Crippen molar-refractivity contribution in [3.63, 3.8) is 0 Å². The summed E-state index contributed by atoms with van der Waals surface area (Å²) in [6.07, 6.45) is -8.15. The Bertz CT molecular complexity index is 1180. The van der Waals surface area contributed by atoms with Crippen LogP contribution in [0.15, 0.2) is 11.6 Å². The number of hydrogen-bond donors (Lipinski definition) is 2. The number of carbonyl (C=O) groups is 5. The minimum Gasteiger partial charge on any atom is -0.462 e. The molecule has 0 bridgehead atoms. The van der Waals surface area contributed by atoms with Gasteiger partial charge in [0.1, 0.15) is 24.4 Å². The second-order valence-electron chi connectivity index (χ2n) is 11.9. The van der Waals surface area contributed by atoms with Crippen LogP contribution in [0.3, 0.4) is 0 Å². The highest BCUT2D eigenvalue weighted by Crippen LogP contribution is 2.65. The van der Waals surface area contributed by atoms with Crippen LogP contribution in [-0.2, 0) is 52.4 Å². The highest BCUT2D eigenvalue weighted by Gasteiger charge is 2.87. The number of epoxide rings is 1. The smallest absolute Gasteiger partial charge is 0.342 e. The van der Waals surface area contributed by atoms with Crippen molar-refractivity contribution in [3.8, 4) is 0 Å². The Hall–Kier alpha value is -3.03. The topological polar surface area (TPSA) is 184 Å². The summed E-state index contributed by atoms with van der Waals surface area (Å²) in [7, 11) is 0. The van der Waals surface area contributed by atoms with Crippen molar-refractivity contribution in [2.24, 2.45) is 17.3 Å². The Morgan fingerprint density at radius 1 is 0.902 bits per heavy atom. The molecule has 0 aromatic heterocycles. The summed E-state index contributed by atoms with van der Waals surface area (Å²) in [5.41, 5.74) is -4.55. The van der Waals surface area contributed by atoms with Gasteiger partial charge in [0.15, 0.2) is 23.4 Å². The number of hydrogen-bond acceptors (Lipinski definition) is 13. The molecule has 1 saturated carbocycles. The normalized spacial score (nSPS) is 46.2. The zero-order chi connectivity index (χ0) is 30.8. The van der Waals surface area contributed by atoms with Crippen molar-refractivity contribution in [1.29, 1.82) is 0 Å². The molecule has 12 atom stereocenters. The van der Waals surface area contributed by atoms with Gasteiger partial charge in [-0.05, 0) is 31.4 Å². The van der Waals surface area contributed by atoms with Crippen LogP contribution in [0.1, 0.15) is 61.8 Å². The van der Waals surface area contributed by atoms with Crippen molar-refractivity contribution < 1.29 is 62.6 Å². The number of aliphatic hydroxyl groups is 2. The summed E-state index contributed by atoms with van der Waals surface area (Å²) in [5.74, 6) is -5.56.